The zero-order valence-electron chi connectivity index (χ0n) is 15.3. The molecule has 3 aromatic rings. The molecular formula is C19H17N5O3S. The van der Waals surface area contributed by atoms with Crippen LogP contribution in [0.5, 0.6) is 0 Å². The number of carbonyl (C=O) groups is 1. The maximum Gasteiger partial charge on any atom is 0.351 e. The summed E-state index contributed by atoms with van der Waals surface area (Å²) in [6, 6.07) is 7.50. The first kappa shape index (κ1) is 19.3. The molecule has 9 heteroatoms. The number of anilines is 1. The molecule has 0 atom stereocenters. The van der Waals surface area contributed by atoms with Crippen molar-refractivity contribution in [1.29, 1.82) is 5.26 Å². The van der Waals surface area contributed by atoms with Crippen molar-refractivity contribution >= 4 is 45.5 Å². The lowest BCUT2D eigenvalue weighted by Gasteiger charge is -2.04. The van der Waals surface area contributed by atoms with Crippen LogP contribution in [-0.2, 0) is 16.1 Å². The third-order valence-electron chi connectivity index (χ3n) is 3.98. The molecule has 0 fully saturated rings. The maximum atomic E-state index is 12.7. The van der Waals surface area contributed by atoms with Crippen LogP contribution in [0, 0.1) is 11.3 Å². The van der Waals surface area contributed by atoms with Crippen molar-refractivity contribution in [2.24, 2.45) is 0 Å². The Kier molecular flexibility index (Phi) is 5.81. The van der Waals surface area contributed by atoms with Crippen LogP contribution >= 0.6 is 11.3 Å². The molecule has 0 aliphatic heterocycles. The van der Waals surface area contributed by atoms with Crippen molar-refractivity contribution in [2.75, 3.05) is 11.9 Å². The van der Waals surface area contributed by atoms with E-state index >= 15 is 0 Å². The highest BCUT2D eigenvalue weighted by molar-refractivity contribution is 7.07. The van der Waals surface area contributed by atoms with Gasteiger partial charge in [0.15, 0.2) is 5.57 Å². The molecule has 0 saturated carbocycles. The number of nitrogens with zero attached hydrogens (tertiary/aromatic N) is 4. The van der Waals surface area contributed by atoms with Crippen molar-refractivity contribution in [3.8, 4) is 6.07 Å². The molecule has 2 aromatic heterocycles. The first-order valence-corrected chi connectivity index (χ1v) is 9.39. The molecule has 0 radical (unpaired) electrons. The summed E-state index contributed by atoms with van der Waals surface area (Å²) in [4.78, 5) is 24.8. The Balaban J connectivity index is 2.13. The fraction of sp³-hybridized carbons (Fsp3) is 0.211. The van der Waals surface area contributed by atoms with E-state index in [-0.39, 0.29) is 22.4 Å². The Bertz CT molecular complexity index is 1250. The van der Waals surface area contributed by atoms with E-state index < -0.39 is 5.97 Å². The average molecular weight is 395 g/mol. The minimum atomic E-state index is -0.736. The molecule has 0 bridgehead atoms. The molecule has 28 heavy (non-hydrogen) atoms. The van der Waals surface area contributed by atoms with Crippen molar-refractivity contribution in [1.82, 2.24) is 14.8 Å². The van der Waals surface area contributed by atoms with Gasteiger partial charge in [0.1, 0.15) is 15.3 Å². The van der Waals surface area contributed by atoms with Crippen molar-refractivity contribution in [2.45, 2.75) is 20.4 Å². The van der Waals surface area contributed by atoms with Crippen LogP contribution in [0.15, 0.2) is 35.4 Å². The SMILES string of the molecule is CCOC(=O)C(C#N)=c1sc(=CNc2cccc3cnncc23)c(=O)n1CC. The number of thiazole rings is 1. The van der Waals surface area contributed by atoms with Gasteiger partial charge in [0, 0.05) is 29.2 Å². The number of fused-ring (bicyclic) bond motifs is 1. The van der Waals surface area contributed by atoms with Gasteiger partial charge >= 0.3 is 5.97 Å². The normalized spacial score (nSPS) is 12.5. The number of carbonyl (C=O) groups excluding carboxylic acids is 1. The molecule has 0 saturated heterocycles. The van der Waals surface area contributed by atoms with Crippen molar-refractivity contribution in [3.63, 3.8) is 0 Å². The number of hydrogen-bond donors (Lipinski definition) is 1. The van der Waals surface area contributed by atoms with Gasteiger partial charge in [-0.15, -0.1) is 11.3 Å². The second-order valence-corrected chi connectivity index (χ2v) is 6.65. The minimum absolute atomic E-state index is 0.149. The number of hydrogen-bond acceptors (Lipinski definition) is 8. The molecule has 0 unspecified atom stereocenters. The summed E-state index contributed by atoms with van der Waals surface area (Å²) in [5.41, 5.74) is 0.303. The number of nitriles is 1. The summed E-state index contributed by atoms with van der Waals surface area (Å²) in [6.07, 6.45) is 4.86. The zero-order valence-corrected chi connectivity index (χ0v) is 16.1. The van der Waals surface area contributed by atoms with Gasteiger partial charge in [0.05, 0.1) is 19.0 Å². The molecule has 2 heterocycles. The van der Waals surface area contributed by atoms with Gasteiger partial charge in [-0.05, 0) is 19.9 Å². The number of nitrogens with one attached hydrogen (secondary N) is 1. The van der Waals surface area contributed by atoms with E-state index in [4.69, 9.17) is 4.74 Å². The fourth-order valence-electron chi connectivity index (χ4n) is 2.67. The Morgan fingerprint density at radius 1 is 1.36 bits per heavy atom. The van der Waals surface area contributed by atoms with E-state index in [1.807, 2.05) is 24.3 Å². The summed E-state index contributed by atoms with van der Waals surface area (Å²) in [6.45, 7) is 3.91. The predicted molar refractivity (Wildman–Crippen MR) is 107 cm³/mol. The molecule has 0 aliphatic rings. The van der Waals surface area contributed by atoms with Gasteiger partial charge in [0.2, 0.25) is 0 Å². The van der Waals surface area contributed by atoms with E-state index in [1.54, 1.807) is 32.4 Å². The number of aromatic nitrogens is 3. The van der Waals surface area contributed by atoms with E-state index in [0.717, 1.165) is 27.8 Å². The molecular weight excluding hydrogens is 378 g/mol. The molecule has 142 valence electrons. The van der Waals surface area contributed by atoms with E-state index in [0.29, 0.717) is 11.1 Å². The van der Waals surface area contributed by atoms with Crippen LogP contribution in [0.4, 0.5) is 5.69 Å². The highest BCUT2D eigenvalue weighted by Gasteiger charge is 2.16. The Morgan fingerprint density at radius 2 is 2.14 bits per heavy atom. The zero-order chi connectivity index (χ0) is 20.1. The van der Waals surface area contributed by atoms with Gasteiger partial charge in [-0.1, -0.05) is 12.1 Å². The van der Waals surface area contributed by atoms with Gasteiger partial charge in [0.25, 0.3) is 5.56 Å². The third-order valence-corrected chi connectivity index (χ3v) is 5.11. The first-order chi connectivity index (χ1) is 13.6. The maximum absolute atomic E-state index is 12.7. The Hall–Kier alpha value is -3.51. The second-order valence-electron chi connectivity index (χ2n) is 5.61. The molecule has 0 amide bonds. The summed E-state index contributed by atoms with van der Waals surface area (Å²) >= 11 is 1.07. The van der Waals surface area contributed by atoms with Crippen LogP contribution in [0.2, 0.25) is 0 Å². The molecule has 0 spiro atoms. The highest BCUT2D eigenvalue weighted by Crippen LogP contribution is 2.21. The van der Waals surface area contributed by atoms with Crippen molar-refractivity contribution in [3.05, 3.63) is 50.1 Å². The summed E-state index contributed by atoms with van der Waals surface area (Å²) in [5.74, 6) is -0.736. The van der Waals surface area contributed by atoms with Crippen LogP contribution < -0.4 is 20.1 Å². The van der Waals surface area contributed by atoms with Crippen LogP contribution in [0.25, 0.3) is 22.5 Å². The first-order valence-electron chi connectivity index (χ1n) is 8.58. The fourth-order valence-corrected chi connectivity index (χ4v) is 3.75. The lowest BCUT2D eigenvalue weighted by Crippen LogP contribution is -2.32. The summed E-state index contributed by atoms with van der Waals surface area (Å²) in [5, 5.41) is 22.0. The topological polar surface area (TPSA) is 110 Å². The lowest BCUT2D eigenvalue weighted by molar-refractivity contribution is -0.136. The van der Waals surface area contributed by atoms with E-state index in [1.165, 1.54) is 4.57 Å². The van der Waals surface area contributed by atoms with Crippen LogP contribution in [0.1, 0.15) is 13.8 Å². The average Bonchev–Trinajstić information content (AvgIpc) is 3.02. The molecule has 3 rings (SSSR count). The molecule has 8 nitrogen and oxygen atoms in total. The van der Waals surface area contributed by atoms with E-state index in [2.05, 4.69) is 15.5 Å². The number of esters is 1. The Labute approximate surface area is 164 Å². The van der Waals surface area contributed by atoms with Gasteiger partial charge in [-0.2, -0.15) is 15.5 Å². The largest absolute Gasteiger partial charge is 0.462 e. The van der Waals surface area contributed by atoms with Crippen LogP contribution in [0.3, 0.4) is 0 Å². The lowest BCUT2D eigenvalue weighted by atomic mass is 10.2. The standard InChI is InChI=1S/C19H17N5O3S/c1-3-24-17(25)16(28-18(24)13(8-20)19(26)27-4-2)11-21-15-7-5-6-12-9-22-23-10-14(12)15/h5-7,9-11,21H,3-4H2,1-2H3. The smallest absolute Gasteiger partial charge is 0.351 e. The third kappa shape index (κ3) is 3.63. The number of rotatable bonds is 5. The number of benzene rings is 1. The summed E-state index contributed by atoms with van der Waals surface area (Å²) < 4.78 is 6.97. The van der Waals surface area contributed by atoms with Gasteiger partial charge in [-0.25, -0.2) is 4.79 Å². The van der Waals surface area contributed by atoms with E-state index in [9.17, 15) is 14.9 Å². The second kappa shape index (κ2) is 8.45. The quantitative estimate of drug-likeness (QED) is 0.641. The molecule has 1 aromatic carbocycles. The minimum Gasteiger partial charge on any atom is -0.462 e. The van der Waals surface area contributed by atoms with Gasteiger partial charge < -0.3 is 10.1 Å². The van der Waals surface area contributed by atoms with Crippen LogP contribution in [-0.4, -0.2) is 27.3 Å². The monoisotopic (exact) mass is 395 g/mol. The Morgan fingerprint density at radius 3 is 2.86 bits per heavy atom. The highest BCUT2D eigenvalue weighted by atomic mass is 32.1. The molecule has 0 aliphatic carbocycles. The predicted octanol–water partition coefficient (Wildman–Crippen LogP) is 0.960. The summed E-state index contributed by atoms with van der Waals surface area (Å²) in [7, 11) is 0. The van der Waals surface area contributed by atoms with Gasteiger partial charge in [-0.3, -0.25) is 9.36 Å². The van der Waals surface area contributed by atoms with Crippen molar-refractivity contribution < 1.29 is 9.53 Å². The molecule has 1 N–H and O–H groups in total. The number of ether oxygens (including phenoxy) is 1.